The number of nitrogens with one attached hydrogen (secondary N) is 2. The number of rotatable bonds is 5. The molecule has 1 atom stereocenters. The quantitative estimate of drug-likeness (QED) is 0.844. The molecule has 1 aromatic rings. The molecule has 1 unspecified atom stereocenters. The number of hydrogen-bond acceptors (Lipinski definition) is 4. The molecule has 5 heteroatoms. The summed E-state index contributed by atoms with van der Waals surface area (Å²) in [5.74, 6) is -0.0107. The topological polar surface area (TPSA) is 68.2 Å². The first kappa shape index (κ1) is 14.5. The molecule has 0 aromatic heterocycles. The molecule has 0 bridgehead atoms. The lowest BCUT2D eigenvalue weighted by molar-refractivity contribution is -0.117. The van der Waals surface area contributed by atoms with Gasteiger partial charge in [0.05, 0.1) is 18.2 Å². The van der Waals surface area contributed by atoms with E-state index >= 15 is 0 Å². The third-order valence-electron chi connectivity index (χ3n) is 3.60. The maximum Gasteiger partial charge on any atom is 0.238 e. The molecule has 0 spiro atoms. The van der Waals surface area contributed by atoms with Crippen LogP contribution >= 0.6 is 0 Å². The van der Waals surface area contributed by atoms with E-state index in [1.807, 2.05) is 0 Å². The molecule has 5 nitrogen and oxygen atoms in total. The summed E-state index contributed by atoms with van der Waals surface area (Å²) in [5.41, 5.74) is 1.32. The van der Waals surface area contributed by atoms with Gasteiger partial charge in [-0.05, 0) is 43.8 Å². The van der Waals surface area contributed by atoms with Gasteiger partial charge in [0.25, 0.3) is 0 Å². The largest absolute Gasteiger partial charge is 0.325 e. The van der Waals surface area contributed by atoms with Crippen molar-refractivity contribution in [3.8, 4) is 6.07 Å². The summed E-state index contributed by atoms with van der Waals surface area (Å²) in [4.78, 5) is 14.2. The summed E-state index contributed by atoms with van der Waals surface area (Å²) in [7, 11) is 0. The third kappa shape index (κ3) is 3.80. The molecule has 20 heavy (non-hydrogen) atoms. The maximum atomic E-state index is 12.1. The van der Waals surface area contributed by atoms with Crippen molar-refractivity contribution in [1.82, 2.24) is 10.2 Å². The van der Waals surface area contributed by atoms with Crippen LogP contribution in [0.4, 0.5) is 5.69 Å². The number of hydrogen-bond donors (Lipinski definition) is 2. The molecule has 0 saturated carbocycles. The predicted molar refractivity (Wildman–Crippen MR) is 78.3 cm³/mol. The Hall–Kier alpha value is -1.90. The van der Waals surface area contributed by atoms with Crippen LogP contribution in [-0.2, 0) is 4.79 Å². The van der Waals surface area contributed by atoms with E-state index in [9.17, 15) is 4.79 Å². The average molecular weight is 272 g/mol. The first-order chi connectivity index (χ1) is 9.72. The Kier molecular flexibility index (Phi) is 5.10. The SMILES string of the molecule is CCN(CC(=O)Nc1ccc(C#N)cc1)C1CCNC1. The molecule has 1 heterocycles. The highest BCUT2D eigenvalue weighted by atomic mass is 16.2. The Morgan fingerprint density at radius 3 is 2.80 bits per heavy atom. The number of likely N-dealkylation sites (N-methyl/N-ethyl adjacent to an activating group) is 1. The lowest BCUT2D eigenvalue weighted by atomic mass is 10.2. The second kappa shape index (κ2) is 7.04. The number of nitrogens with zero attached hydrogens (tertiary/aromatic N) is 2. The maximum absolute atomic E-state index is 12.1. The van der Waals surface area contributed by atoms with Crippen molar-refractivity contribution in [3.63, 3.8) is 0 Å². The van der Waals surface area contributed by atoms with Crippen molar-refractivity contribution in [2.45, 2.75) is 19.4 Å². The Morgan fingerprint density at radius 2 is 2.25 bits per heavy atom. The Morgan fingerprint density at radius 1 is 1.50 bits per heavy atom. The van der Waals surface area contributed by atoms with Crippen LogP contribution < -0.4 is 10.6 Å². The molecule has 2 N–H and O–H groups in total. The van der Waals surface area contributed by atoms with Gasteiger partial charge >= 0.3 is 0 Å². The van der Waals surface area contributed by atoms with Gasteiger partial charge in [-0.1, -0.05) is 6.92 Å². The molecule has 0 aliphatic carbocycles. The zero-order valence-corrected chi connectivity index (χ0v) is 11.7. The molecule has 1 fully saturated rings. The Labute approximate surface area is 119 Å². The number of benzene rings is 1. The van der Waals surface area contributed by atoms with E-state index < -0.39 is 0 Å². The van der Waals surface area contributed by atoms with Crippen molar-refractivity contribution in [2.24, 2.45) is 0 Å². The van der Waals surface area contributed by atoms with Gasteiger partial charge in [-0.25, -0.2) is 0 Å². The van der Waals surface area contributed by atoms with Crippen LogP contribution in [0.3, 0.4) is 0 Å². The predicted octanol–water partition coefficient (Wildman–Crippen LogP) is 1.18. The Bertz CT molecular complexity index is 486. The highest BCUT2D eigenvalue weighted by molar-refractivity contribution is 5.92. The van der Waals surface area contributed by atoms with E-state index in [4.69, 9.17) is 5.26 Å². The van der Waals surface area contributed by atoms with E-state index in [1.165, 1.54) is 0 Å². The van der Waals surface area contributed by atoms with Crippen LogP contribution in [0.25, 0.3) is 0 Å². The standard InChI is InChI=1S/C15H20N4O/c1-2-19(14-7-8-17-10-14)11-15(20)18-13-5-3-12(9-16)4-6-13/h3-6,14,17H,2,7-8,10-11H2,1H3,(H,18,20). The van der Waals surface area contributed by atoms with Crippen LogP contribution in [0.1, 0.15) is 18.9 Å². The molecule has 1 amide bonds. The molecule has 1 aromatic carbocycles. The van der Waals surface area contributed by atoms with Crippen LogP contribution in [0.15, 0.2) is 24.3 Å². The normalized spacial score (nSPS) is 17.9. The van der Waals surface area contributed by atoms with Gasteiger partial charge in [0, 0.05) is 18.3 Å². The van der Waals surface area contributed by atoms with Gasteiger partial charge in [-0.15, -0.1) is 0 Å². The molecule has 1 saturated heterocycles. The van der Waals surface area contributed by atoms with Crippen molar-refractivity contribution < 1.29 is 4.79 Å². The fraction of sp³-hybridized carbons (Fsp3) is 0.467. The summed E-state index contributed by atoms with van der Waals surface area (Å²) in [6, 6.07) is 9.42. The zero-order chi connectivity index (χ0) is 14.4. The highest BCUT2D eigenvalue weighted by Crippen LogP contribution is 2.11. The Balaban J connectivity index is 1.88. The smallest absolute Gasteiger partial charge is 0.238 e. The second-order valence-electron chi connectivity index (χ2n) is 4.95. The fourth-order valence-corrected chi connectivity index (χ4v) is 2.46. The van der Waals surface area contributed by atoms with Crippen molar-refractivity contribution >= 4 is 11.6 Å². The van der Waals surface area contributed by atoms with Crippen LogP contribution in [0.5, 0.6) is 0 Å². The van der Waals surface area contributed by atoms with E-state index in [2.05, 4.69) is 28.5 Å². The highest BCUT2D eigenvalue weighted by Gasteiger charge is 2.22. The number of carbonyl (C=O) groups is 1. The molecular weight excluding hydrogens is 252 g/mol. The second-order valence-corrected chi connectivity index (χ2v) is 4.95. The van der Waals surface area contributed by atoms with Gasteiger partial charge in [0.1, 0.15) is 0 Å². The summed E-state index contributed by atoms with van der Waals surface area (Å²) in [6.45, 7) is 5.33. The molecule has 2 rings (SSSR count). The number of amides is 1. The summed E-state index contributed by atoms with van der Waals surface area (Å²) >= 11 is 0. The van der Waals surface area contributed by atoms with Gasteiger partial charge < -0.3 is 10.6 Å². The first-order valence-corrected chi connectivity index (χ1v) is 6.97. The van der Waals surface area contributed by atoms with Gasteiger partial charge in [-0.3, -0.25) is 9.69 Å². The molecule has 1 aliphatic rings. The average Bonchev–Trinajstić information content (AvgIpc) is 2.99. The minimum atomic E-state index is -0.0107. The van der Waals surface area contributed by atoms with Crippen molar-refractivity contribution in [3.05, 3.63) is 29.8 Å². The molecular formula is C15H20N4O. The van der Waals surface area contributed by atoms with Crippen LogP contribution in [-0.4, -0.2) is 43.0 Å². The van der Waals surface area contributed by atoms with Crippen LogP contribution in [0.2, 0.25) is 0 Å². The third-order valence-corrected chi connectivity index (χ3v) is 3.60. The van der Waals surface area contributed by atoms with Gasteiger partial charge in [0.15, 0.2) is 0 Å². The van der Waals surface area contributed by atoms with Crippen molar-refractivity contribution in [2.75, 3.05) is 31.5 Å². The lowest BCUT2D eigenvalue weighted by Gasteiger charge is -2.26. The van der Waals surface area contributed by atoms with Crippen molar-refractivity contribution in [1.29, 1.82) is 5.26 Å². The minimum Gasteiger partial charge on any atom is -0.325 e. The summed E-state index contributed by atoms with van der Waals surface area (Å²) < 4.78 is 0. The number of nitriles is 1. The molecule has 1 aliphatic heterocycles. The van der Waals surface area contributed by atoms with E-state index in [0.29, 0.717) is 18.2 Å². The van der Waals surface area contributed by atoms with Gasteiger partial charge in [0.2, 0.25) is 5.91 Å². The van der Waals surface area contributed by atoms with Gasteiger partial charge in [-0.2, -0.15) is 5.26 Å². The van der Waals surface area contributed by atoms with E-state index in [0.717, 1.165) is 31.7 Å². The van der Waals surface area contributed by atoms with Crippen LogP contribution in [0, 0.1) is 11.3 Å². The number of carbonyl (C=O) groups excluding carboxylic acids is 1. The summed E-state index contributed by atoms with van der Waals surface area (Å²) in [6.07, 6.45) is 1.10. The first-order valence-electron chi connectivity index (χ1n) is 6.97. The molecule has 106 valence electrons. The number of anilines is 1. The zero-order valence-electron chi connectivity index (χ0n) is 11.7. The monoisotopic (exact) mass is 272 g/mol. The van der Waals surface area contributed by atoms with E-state index in [-0.39, 0.29) is 5.91 Å². The van der Waals surface area contributed by atoms with E-state index in [1.54, 1.807) is 24.3 Å². The minimum absolute atomic E-state index is 0.0107. The fourth-order valence-electron chi connectivity index (χ4n) is 2.46. The lowest BCUT2D eigenvalue weighted by Crippen LogP contribution is -2.41. The molecule has 0 radical (unpaired) electrons. The summed E-state index contributed by atoms with van der Waals surface area (Å²) in [5, 5.41) is 14.9.